The molecular weight excluding hydrogens is 264 g/mol. The summed E-state index contributed by atoms with van der Waals surface area (Å²) in [5, 5.41) is 1.69. The van der Waals surface area contributed by atoms with Crippen LogP contribution in [0.15, 0.2) is 48.5 Å². The van der Waals surface area contributed by atoms with Crippen LogP contribution >= 0.6 is 22.9 Å². The Morgan fingerprint density at radius 2 is 1.89 bits per heavy atom. The minimum absolute atomic E-state index is 0.500. The van der Waals surface area contributed by atoms with Crippen LogP contribution < -0.4 is 0 Å². The molecule has 88 valence electrons. The highest BCUT2D eigenvalue weighted by atomic mass is 35.5. The van der Waals surface area contributed by atoms with Crippen molar-refractivity contribution < 1.29 is 4.79 Å². The zero-order valence-corrected chi connectivity index (χ0v) is 11.0. The van der Waals surface area contributed by atoms with E-state index in [9.17, 15) is 4.79 Å². The van der Waals surface area contributed by atoms with Gasteiger partial charge in [0.1, 0.15) is 0 Å². The molecule has 3 aromatic rings. The van der Waals surface area contributed by atoms with Gasteiger partial charge in [0.25, 0.3) is 0 Å². The molecule has 1 aromatic heterocycles. The van der Waals surface area contributed by atoms with Crippen molar-refractivity contribution in [1.82, 2.24) is 0 Å². The Morgan fingerprint density at radius 1 is 1.06 bits per heavy atom. The van der Waals surface area contributed by atoms with Crippen molar-refractivity contribution in [3.8, 4) is 10.4 Å². The number of thiophene rings is 1. The minimum atomic E-state index is 0.500. The second-order valence-electron chi connectivity index (χ2n) is 3.97. The maximum absolute atomic E-state index is 11.2. The van der Waals surface area contributed by atoms with Gasteiger partial charge in [0, 0.05) is 20.7 Å². The molecule has 0 radical (unpaired) electrons. The molecule has 0 saturated carbocycles. The number of carbonyl (C=O) groups excluding carboxylic acids is 1. The predicted molar refractivity (Wildman–Crippen MR) is 77.7 cm³/mol. The van der Waals surface area contributed by atoms with Gasteiger partial charge < -0.3 is 0 Å². The molecule has 0 unspecified atom stereocenters. The molecule has 0 amide bonds. The first-order valence-electron chi connectivity index (χ1n) is 5.52. The number of halogens is 1. The summed E-state index contributed by atoms with van der Waals surface area (Å²) in [6, 6.07) is 15.8. The van der Waals surface area contributed by atoms with Crippen molar-refractivity contribution in [2.24, 2.45) is 0 Å². The molecule has 2 aromatic carbocycles. The lowest BCUT2D eigenvalue weighted by molar-refractivity contribution is 0.112. The van der Waals surface area contributed by atoms with Gasteiger partial charge >= 0.3 is 0 Å². The number of hydrogen-bond donors (Lipinski definition) is 0. The normalized spacial score (nSPS) is 10.7. The molecule has 0 aliphatic carbocycles. The van der Waals surface area contributed by atoms with Gasteiger partial charge in [-0.25, -0.2) is 0 Å². The van der Waals surface area contributed by atoms with E-state index in [2.05, 4.69) is 18.2 Å². The largest absolute Gasteiger partial charge is 0.298 e. The van der Waals surface area contributed by atoms with Crippen molar-refractivity contribution in [3.05, 3.63) is 59.1 Å². The summed E-state index contributed by atoms with van der Waals surface area (Å²) < 4.78 is 1.21. The molecule has 0 atom stereocenters. The molecule has 1 nitrogen and oxygen atoms in total. The number of aldehydes is 1. The van der Waals surface area contributed by atoms with E-state index in [4.69, 9.17) is 11.6 Å². The maximum atomic E-state index is 11.2. The quantitative estimate of drug-likeness (QED) is 0.598. The third kappa shape index (κ3) is 1.84. The van der Waals surface area contributed by atoms with Crippen LogP contribution in [-0.2, 0) is 0 Å². The third-order valence-electron chi connectivity index (χ3n) is 2.86. The fourth-order valence-corrected chi connectivity index (χ4v) is 3.31. The topological polar surface area (TPSA) is 17.1 Å². The molecule has 0 spiro atoms. The lowest BCUT2D eigenvalue weighted by Crippen LogP contribution is -1.86. The number of hydrogen-bond acceptors (Lipinski definition) is 2. The van der Waals surface area contributed by atoms with Gasteiger partial charge in [-0.05, 0) is 23.6 Å². The van der Waals surface area contributed by atoms with E-state index < -0.39 is 0 Å². The molecule has 0 bridgehead atoms. The van der Waals surface area contributed by atoms with E-state index in [0.717, 1.165) is 16.7 Å². The zero-order valence-electron chi connectivity index (χ0n) is 9.39. The van der Waals surface area contributed by atoms with Crippen LogP contribution in [0, 0.1) is 0 Å². The number of carbonyl (C=O) groups is 1. The molecule has 3 heteroatoms. The number of benzene rings is 2. The number of fused-ring (bicyclic) bond motifs is 1. The molecule has 18 heavy (non-hydrogen) atoms. The average Bonchev–Trinajstić information content (AvgIpc) is 2.82. The Balaban J connectivity index is 2.26. The van der Waals surface area contributed by atoms with Crippen LogP contribution in [0.3, 0.4) is 0 Å². The first-order chi connectivity index (χ1) is 8.79. The molecule has 0 aliphatic rings. The summed E-state index contributed by atoms with van der Waals surface area (Å²) in [4.78, 5) is 12.2. The van der Waals surface area contributed by atoms with Gasteiger partial charge in [0.15, 0.2) is 6.29 Å². The van der Waals surface area contributed by atoms with Crippen LogP contribution in [0.1, 0.15) is 10.4 Å². The highest BCUT2D eigenvalue weighted by Gasteiger charge is 2.10. The highest BCUT2D eigenvalue weighted by molar-refractivity contribution is 7.22. The first-order valence-corrected chi connectivity index (χ1v) is 6.71. The Morgan fingerprint density at radius 3 is 2.67 bits per heavy atom. The van der Waals surface area contributed by atoms with Crippen molar-refractivity contribution in [1.29, 1.82) is 0 Å². The van der Waals surface area contributed by atoms with Gasteiger partial charge in [-0.15, -0.1) is 11.3 Å². The molecule has 1 heterocycles. The summed E-state index contributed by atoms with van der Waals surface area (Å²) >= 11 is 7.72. The van der Waals surface area contributed by atoms with E-state index in [1.54, 1.807) is 17.4 Å². The predicted octanol–water partition coefficient (Wildman–Crippen LogP) is 5.03. The summed E-state index contributed by atoms with van der Waals surface area (Å²) in [6.45, 7) is 0. The van der Waals surface area contributed by atoms with E-state index in [1.165, 1.54) is 10.1 Å². The summed E-state index contributed by atoms with van der Waals surface area (Å²) in [7, 11) is 0. The Kier molecular flexibility index (Phi) is 2.90. The van der Waals surface area contributed by atoms with E-state index in [0.29, 0.717) is 10.6 Å². The highest BCUT2D eigenvalue weighted by Crippen LogP contribution is 2.36. The molecule has 0 aliphatic heterocycles. The van der Waals surface area contributed by atoms with Gasteiger partial charge in [-0.1, -0.05) is 41.9 Å². The van der Waals surface area contributed by atoms with Crippen LogP contribution in [0.25, 0.3) is 20.5 Å². The van der Waals surface area contributed by atoms with E-state index in [-0.39, 0.29) is 0 Å². The van der Waals surface area contributed by atoms with Crippen molar-refractivity contribution in [2.45, 2.75) is 0 Å². The fourth-order valence-electron chi connectivity index (χ4n) is 1.99. The molecule has 3 rings (SSSR count). The molecule has 0 N–H and O–H groups in total. The average molecular weight is 273 g/mol. The summed E-state index contributed by atoms with van der Waals surface area (Å²) in [6.07, 6.45) is 0.821. The smallest absolute Gasteiger partial charge is 0.152 e. The first kappa shape index (κ1) is 11.5. The Labute approximate surface area is 114 Å². The van der Waals surface area contributed by atoms with Crippen molar-refractivity contribution >= 4 is 39.3 Å². The van der Waals surface area contributed by atoms with Gasteiger partial charge in [-0.3, -0.25) is 4.79 Å². The van der Waals surface area contributed by atoms with Crippen molar-refractivity contribution in [2.75, 3.05) is 0 Å². The SMILES string of the molecule is O=Cc1c(Cl)cccc1-c1cc2ccccc2s1. The second-order valence-corrected chi connectivity index (χ2v) is 5.46. The number of rotatable bonds is 2. The Hall–Kier alpha value is -1.64. The zero-order chi connectivity index (χ0) is 12.5. The standard InChI is InChI=1S/C15H9ClOS/c16-13-6-3-5-11(12(13)9-17)15-8-10-4-1-2-7-14(10)18-15/h1-9H. The van der Waals surface area contributed by atoms with Gasteiger partial charge in [0.2, 0.25) is 0 Å². The van der Waals surface area contributed by atoms with E-state index in [1.807, 2.05) is 24.3 Å². The fraction of sp³-hybridized carbons (Fsp3) is 0. The van der Waals surface area contributed by atoms with Gasteiger partial charge in [0.05, 0.1) is 5.02 Å². The lowest BCUT2D eigenvalue weighted by Gasteiger charge is -2.03. The van der Waals surface area contributed by atoms with Gasteiger partial charge in [-0.2, -0.15) is 0 Å². The van der Waals surface area contributed by atoms with E-state index >= 15 is 0 Å². The van der Waals surface area contributed by atoms with Crippen LogP contribution in [-0.4, -0.2) is 6.29 Å². The van der Waals surface area contributed by atoms with Crippen LogP contribution in [0.4, 0.5) is 0 Å². The summed E-state index contributed by atoms with van der Waals surface area (Å²) in [5.41, 5.74) is 1.46. The van der Waals surface area contributed by atoms with Crippen LogP contribution in [0.5, 0.6) is 0 Å². The lowest BCUT2D eigenvalue weighted by atomic mass is 10.1. The Bertz CT molecular complexity index is 697. The van der Waals surface area contributed by atoms with Crippen molar-refractivity contribution in [3.63, 3.8) is 0 Å². The molecular formula is C15H9ClOS. The maximum Gasteiger partial charge on any atom is 0.152 e. The second kappa shape index (κ2) is 4.56. The summed E-state index contributed by atoms with van der Waals surface area (Å²) in [5.74, 6) is 0. The third-order valence-corrected chi connectivity index (χ3v) is 4.34. The molecule has 0 fully saturated rings. The molecule has 0 saturated heterocycles. The minimum Gasteiger partial charge on any atom is -0.298 e. The monoisotopic (exact) mass is 272 g/mol. The van der Waals surface area contributed by atoms with Crippen LogP contribution in [0.2, 0.25) is 5.02 Å².